The molecule has 1 aliphatic heterocycles. The summed E-state index contributed by atoms with van der Waals surface area (Å²) in [5, 5.41) is 10.9. The molecule has 0 aromatic carbocycles. The lowest BCUT2D eigenvalue weighted by Crippen LogP contribution is -2.35. The molecule has 104 valence electrons. The number of oxime groups is 1. The van der Waals surface area contributed by atoms with E-state index >= 15 is 0 Å². The monoisotopic (exact) mass is 265 g/mol. The van der Waals surface area contributed by atoms with Gasteiger partial charge in [0.2, 0.25) is 6.10 Å². The molecular formula is C12H19N5O2. The smallest absolute Gasteiger partial charge is 0.264 e. The molecule has 0 fully saturated rings. The molecule has 7 heteroatoms. The Labute approximate surface area is 112 Å². The van der Waals surface area contributed by atoms with Gasteiger partial charge in [-0.05, 0) is 27.2 Å². The summed E-state index contributed by atoms with van der Waals surface area (Å²) in [6.45, 7) is 6.98. The highest BCUT2D eigenvalue weighted by Gasteiger charge is 2.25. The fourth-order valence-corrected chi connectivity index (χ4v) is 1.96. The van der Waals surface area contributed by atoms with Gasteiger partial charge in [-0.2, -0.15) is 5.10 Å². The maximum absolute atomic E-state index is 11.7. The number of aryl methyl sites for hydroxylation is 3. The third-order valence-electron chi connectivity index (χ3n) is 2.92. The van der Waals surface area contributed by atoms with E-state index in [1.165, 1.54) is 0 Å². The van der Waals surface area contributed by atoms with Crippen molar-refractivity contribution in [1.82, 2.24) is 20.1 Å². The lowest BCUT2D eigenvalue weighted by atomic mass is 10.2. The normalized spacial score (nSPS) is 18.1. The molecule has 7 nitrogen and oxygen atoms in total. The van der Waals surface area contributed by atoms with Crippen molar-refractivity contribution in [3.8, 4) is 0 Å². The van der Waals surface area contributed by atoms with E-state index in [-0.39, 0.29) is 5.91 Å². The summed E-state index contributed by atoms with van der Waals surface area (Å²) in [4.78, 5) is 21.0. The van der Waals surface area contributed by atoms with Crippen molar-refractivity contribution in [1.29, 1.82) is 0 Å². The van der Waals surface area contributed by atoms with Crippen LogP contribution in [0.3, 0.4) is 0 Å². The molecule has 2 heterocycles. The van der Waals surface area contributed by atoms with E-state index < -0.39 is 6.10 Å². The van der Waals surface area contributed by atoms with E-state index in [1.807, 2.05) is 25.5 Å². The van der Waals surface area contributed by atoms with Crippen molar-refractivity contribution in [3.63, 3.8) is 0 Å². The largest absolute Gasteiger partial charge is 0.382 e. The summed E-state index contributed by atoms with van der Waals surface area (Å²) in [5.41, 5.74) is 0.855. The summed E-state index contributed by atoms with van der Waals surface area (Å²) in [7, 11) is 0. The number of carbonyl (C=O) groups is 1. The zero-order chi connectivity index (χ0) is 13.8. The molecule has 0 radical (unpaired) electrons. The van der Waals surface area contributed by atoms with Gasteiger partial charge in [-0.3, -0.25) is 9.48 Å². The molecule has 0 saturated carbocycles. The van der Waals surface area contributed by atoms with Gasteiger partial charge < -0.3 is 10.2 Å². The summed E-state index contributed by atoms with van der Waals surface area (Å²) >= 11 is 0. The SMILES string of the molecule is CC1=NOC(C(=O)NCCCn2nc(C)nc2C)C1. The molecule has 0 spiro atoms. The third-order valence-corrected chi connectivity index (χ3v) is 2.92. The van der Waals surface area contributed by atoms with Crippen LogP contribution >= 0.6 is 0 Å². The number of amides is 1. The molecule has 0 bridgehead atoms. The first-order valence-corrected chi connectivity index (χ1v) is 6.41. The fraction of sp³-hybridized carbons (Fsp3) is 0.667. The Kier molecular flexibility index (Phi) is 4.13. The molecular weight excluding hydrogens is 246 g/mol. The predicted octanol–water partition coefficient (Wildman–Crippen LogP) is 0.566. The average Bonchev–Trinajstić information content (AvgIpc) is 2.91. The van der Waals surface area contributed by atoms with E-state index in [4.69, 9.17) is 4.84 Å². The third kappa shape index (κ3) is 3.52. The fourth-order valence-electron chi connectivity index (χ4n) is 1.96. The van der Waals surface area contributed by atoms with E-state index in [9.17, 15) is 4.79 Å². The number of aromatic nitrogens is 3. The van der Waals surface area contributed by atoms with E-state index in [0.717, 1.165) is 30.3 Å². The highest BCUT2D eigenvalue weighted by Crippen LogP contribution is 2.09. The summed E-state index contributed by atoms with van der Waals surface area (Å²) in [6.07, 6.45) is 0.921. The first-order valence-electron chi connectivity index (χ1n) is 6.41. The van der Waals surface area contributed by atoms with Crippen molar-refractivity contribution in [2.45, 2.75) is 46.3 Å². The van der Waals surface area contributed by atoms with Crippen molar-refractivity contribution < 1.29 is 9.63 Å². The van der Waals surface area contributed by atoms with Crippen LogP contribution in [0.5, 0.6) is 0 Å². The molecule has 19 heavy (non-hydrogen) atoms. The van der Waals surface area contributed by atoms with Crippen molar-refractivity contribution in [2.24, 2.45) is 5.16 Å². The second kappa shape index (κ2) is 5.81. The van der Waals surface area contributed by atoms with Crippen LogP contribution in [-0.4, -0.2) is 39.0 Å². The maximum atomic E-state index is 11.7. The van der Waals surface area contributed by atoms with Gasteiger partial charge in [-0.15, -0.1) is 0 Å². The molecule has 2 rings (SSSR count). The van der Waals surface area contributed by atoms with E-state index in [1.54, 1.807) is 0 Å². The molecule has 1 aromatic heterocycles. The van der Waals surface area contributed by atoms with Crippen LogP contribution in [-0.2, 0) is 16.2 Å². The van der Waals surface area contributed by atoms with Crippen LogP contribution in [0, 0.1) is 13.8 Å². The number of carbonyl (C=O) groups excluding carboxylic acids is 1. The molecule has 1 aliphatic rings. The quantitative estimate of drug-likeness (QED) is 0.789. The summed E-state index contributed by atoms with van der Waals surface area (Å²) < 4.78 is 1.85. The summed E-state index contributed by atoms with van der Waals surface area (Å²) in [6, 6.07) is 0. The van der Waals surface area contributed by atoms with Crippen molar-refractivity contribution in [2.75, 3.05) is 6.54 Å². The highest BCUT2D eigenvalue weighted by molar-refractivity contribution is 5.91. The Morgan fingerprint density at radius 1 is 1.47 bits per heavy atom. The van der Waals surface area contributed by atoms with Crippen LogP contribution < -0.4 is 5.32 Å². The minimum Gasteiger partial charge on any atom is -0.382 e. The van der Waals surface area contributed by atoms with Gasteiger partial charge in [-0.25, -0.2) is 4.98 Å². The van der Waals surface area contributed by atoms with Gasteiger partial charge in [0.25, 0.3) is 5.91 Å². The van der Waals surface area contributed by atoms with Crippen LogP contribution in [0.15, 0.2) is 5.16 Å². The number of nitrogens with one attached hydrogen (secondary N) is 1. The Balaban J connectivity index is 1.67. The predicted molar refractivity (Wildman–Crippen MR) is 69.7 cm³/mol. The van der Waals surface area contributed by atoms with Gasteiger partial charge >= 0.3 is 0 Å². The van der Waals surface area contributed by atoms with Gasteiger partial charge in [0.1, 0.15) is 11.6 Å². The van der Waals surface area contributed by atoms with Crippen LogP contribution in [0.25, 0.3) is 0 Å². The number of nitrogens with zero attached hydrogens (tertiary/aromatic N) is 4. The van der Waals surface area contributed by atoms with E-state index in [0.29, 0.717) is 13.0 Å². The van der Waals surface area contributed by atoms with Crippen LogP contribution in [0.2, 0.25) is 0 Å². The molecule has 1 unspecified atom stereocenters. The van der Waals surface area contributed by atoms with Crippen LogP contribution in [0.4, 0.5) is 0 Å². The minimum absolute atomic E-state index is 0.105. The van der Waals surface area contributed by atoms with E-state index in [2.05, 4.69) is 20.6 Å². The molecule has 1 aromatic rings. The standard InChI is InChI=1S/C12H19N5O2/c1-8-7-11(19-16-8)12(18)13-5-4-6-17-10(3)14-9(2)15-17/h11H,4-7H2,1-3H3,(H,13,18). The molecule has 0 saturated heterocycles. The molecule has 1 N–H and O–H groups in total. The van der Waals surface area contributed by atoms with Crippen LogP contribution in [0.1, 0.15) is 31.4 Å². The van der Waals surface area contributed by atoms with Gasteiger partial charge in [0.15, 0.2) is 0 Å². The topological polar surface area (TPSA) is 81.4 Å². The Morgan fingerprint density at radius 3 is 2.84 bits per heavy atom. The average molecular weight is 265 g/mol. The van der Waals surface area contributed by atoms with Crippen molar-refractivity contribution in [3.05, 3.63) is 11.6 Å². The highest BCUT2D eigenvalue weighted by atomic mass is 16.6. The van der Waals surface area contributed by atoms with Gasteiger partial charge in [0.05, 0.1) is 5.71 Å². The summed E-state index contributed by atoms with van der Waals surface area (Å²) in [5.74, 6) is 1.56. The Hall–Kier alpha value is -1.92. The Morgan fingerprint density at radius 2 is 2.26 bits per heavy atom. The lowest BCUT2D eigenvalue weighted by molar-refractivity contribution is -0.131. The molecule has 0 aliphatic carbocycles. The van der Waals surface area contributed by atoms with Gasteiger partial charge in [0, 0.05) is 19.5 Å². The van der Waals surface area contributed by atoms with Gasteiger partial charge in [-0.1, -0.05) is 5.16 Å². The second-order valence-corrected chi connectivity index (χ2v) is 4.70. The second-order valence-electron chi connectivity index (χ2n) is 4.70. The first-order chi connectivity index (χ1) is 9.06. The number of hydrogen-bond acceptors (Lipinski definition) is 5. The first kappa shape index (κ1) is 13.5. The van der Waals surface area contributed by atoms with Crippen molar-refractivity contribution >= 4 is 11.6 Å². The Bertz CT molecular complexity index is 494. The number of hydrogen-bond donors (Lipinski definition) is 1. The minimum atomic E-state index is -0.463. The molecule has 1 atom stereocenters. The number of rotatable bonds is 5. The zero-order valence-electron chi connectivity index (χ0n) is 11.5. The zero-order valence-corrected chi connectivity index (χ0v) is 11.5. The maximum Gasteiger partial charge on any atom is 0.264 e. The lowest BCUT2D eigenvalue weighted by Gasteiger charge is -2.09. The molecule has 1 amide bonds.